The number of H-pyrrole nitrogens is 1. The summed E-state index contributed by atoms with van der Waals surface area (Å²) in [6.45, 7) is 6.17. The summed E-state index contributed by atoms with van der Waals surface area (Å²) in [6.07, 6.45) is 1.50. The summed E-state index contributed by atoms with van der Waals surface area (Å²) in [4.78, 5) is 40.7. The molecular weight excluding hydrogens is 348 g/mol. The second kappa shape index (κ2) is 8.39. The maximum atomic E-state index is 12.8. The molecule has 1 aliphatic heterocycles. The molecule has 0 bridgehead atoms. The van der Waals surface area contributed by atoms with Gasteiger partial charge in [-0.15, -0.1) is 0 Å². The fourth-order valence-electron chi connectivity index (χ4n) is 3.52. The number of carbonyl (C=O) groups excluding carboxylic acids is 2. The maximum Gasteiger partial charge on any atom is 0.326 e. The van der Waals surface area contributed by atoms with Crippen LogP contribution in [-0.4, -0.2) is 58.6 Å². The number of fused-ring (bicyclic) bond motifs is 1. The number of nitrogens with zero attached hydrogens (tertiary/aromatic N) is 2. The third-order valence-electron chi connectivity index (χ3n) is 4.87. The molecule has 27 heavy (non-hydrogen) atoms. The van der Waals surface area contributed by atoms with Crippen LogP contribution in [0.25, 0.3) is 11.0 Å². The Bertz CT molecular complexity index is 877. The summed E-state index contributed by atoms with van der Waals surface area (Å²) in [7, 11) is 0. The average Bonchev–Trinajstić information content (AvgIpc) is 2.96. The first-order chi connectivity index (χ1) is 13.0. The molecule has 1 aromatic carbocycles. The highest BCUT2D eigenvalue weighted by molar-refractivity contribution is 5.97. The van der Waals surface area contributed by atoms with Gasteiger partial charge in [-0.3, -0.25) is 14.2 Å². The quantitative estimate of drug-likeness (QED) is 0.740. The molecule has 8 nitrogen and oxygen atoms in total. The summed E-state index contributed by atoms with van der Waals surface area (Å²) < 4.78 is 6.95. The minimum absolute atomic E-state index is 0.0389. The van der Waals surface area contributed by atoms with Crippen LogP contribution in [0.4, 0.5) is 0 Å². The Hall–Kier alpha value is -2.61. The first-order valence-electron chi connectivity index (χ1n) is 9.36. The molecular formula is C19H26N4O4. The van der Waals surface area contributed by atoms with E-state index in [-0.39, 0.29) is 23.5 Å². The Morgan fingerprint density at radius 1 is 1.30 bits per heavy atom. The zero-order chi connectivity index (χ0) is 19.4. The predicted octanol–water partition coefficient (Wildman–Crippen LogP) is 1.11. The van der Waals surface area contributed by atoms with Gasteiger partial charge in [0, 0.05) is 38.2 Å². The van der Waals surface area contributed by atoms with Crippen LogP contribution in [0.5, 0.6) is 0 Å². The van der Waals surface area contributed by atoms with Crippen molar-refractivity contribution in [2.45, 2.75) is 39.3 Å². The highest BCUT2D eigenvalue weighted by Crippen LogP contribution is 2.18. The van der Waals surface area contributed by atoms with E-state index in [9.17, 15) is 14.4 Å². The van der Waals surface area contributed by atoms with Gasteiger partial charge >= 0.3 is 5.69 Å². The lowest BCUT2D eigenvalue weighted by Crippen LogP contribution is -2.46. The zero-order valence-corrected chi connectivity index (χ0v) is 15.8. The van der Waals surface area contributed by atoms with Crippen molar-refractivity contribution in [2.24, 2.45) is 0 Å². The van der Waals surface area contributed by atoms with Gasteiger partial charge < -0.3 is 19.9 Å². The fourth-order valence-corrected chi connectivity index (χ4v) is 3.52. The summed E-state index contributed by atoms with van der Waals surface area (Å²) in [5, 5.41) is 2.91. The number of hydrogen-bond acceptors (Lipinski definition) is 4. The Balaban J connectivity index is 1.71. The SMILES string of the molecule is CCOCCn1c(=O)[nH]c2cc(C(=O)N3CCC(NC(C)=O)CC3)ccc21. The van der Waals surface area contributed by atoms with E-state index in [2.05, 4.69) is 10.3 Å². The van der Waals surface area contributed by atoms with Crippen LogP contribution in [0, 0.1) is 0 Å². The number of imidazole rings is 1. The van der Waals surface area contributed by atoms with Crippen molar-refractivity contribution in [2.75, 3.05) is 26.3 Å². The molecule has 3 rings (SSSR count). The van der Waals surface area contributed by atoms with Crippen LogP contribution in [0.2, 0.25) is 0 Å². The van der Waals surface area contributed by atoms with Crippen LogP contribution in [0.15, 0.2) is 23.0 Å². The van der Waals surface area contributed by atoms with Gasteiger partial charge in [-0.05, 0) is 38.0 Å². The number of benzene rings is 1. The number of carbonyl (C=O) groups is 2. The summed E-state index contributed by atoms with van der Waals surface area (Å²) in [5.41, 5.74) is 1.76. The maximum absolute atomic E-state index is 12.8. The van der Waals surface area contributed by atoms with Crippen molar-refractivity contribution in [3.63, 3.8) is 0 Å². The fraction of sp³-hybridized carbons (Fsp3) is 0.526. The van der Waals surface area contributed by atoms with Gasteiger partial charge in [0.1, 0.15) is 0 Å². The highest BCUT2D eigenvalue weighted by Gasteiger charge is 2.24. The van der Waals surface area contributed by atoms with E-state index in [1.54, 1.807) is 27.7 Å². The van der Waals surface area contributed by atoms with Crippen LogP contribution in [0.1, 0.15) is 37.0 Å². The Kier molecular flexibility index (Phi) is 5.95. The molecule has 2 aromatic rings. The normalized spacial score (nSPS) is 15.3. The molecule has 0 saturated carbocycles. The monoisotopic (exact) mass is 374 g/mol. The number of piperidine rings is 1. The number of nitrogens with one attached hydrogen (secondary N) is 2. The first kappa shape index (κ1) is 19.2. The van der Waals surface area contributed by atoms with Gasteiger partial charge in [-0.1, -0.05) is 0 Å². The molecule has 2 N–H and O–H groups in total. The molecule has 0 unspecified atom stereocenters. The number of hydrogen-bond donors (Lipinski definition) is 2. The number of aromatic nitrogens is 2. The molecule has 1 saturated heterocycles. The van der Waals surface area contributed by atoms with Crippen molar-refractivity contribution in [1.82, 2.24) is 19.8 Å². The molecule has 8 heteroatoms. The van der Waals surface area contributed by atoms with Crippen molar-refractivity contribution >= 4 is 22.8 Å². The van der Waals surface area contributed by atoms with Crippen LogP contribution >= 0.6 is 0 Å². The van der Waals surface area contributed by atoms with Gasteiger partial charge in [-0.25, -0.2) is 4.79 Å². The second-order valence-electron chi connectivity index (χ2n) is 6.78. The largest absolute Gasteiger partial charge is 0.380 e. The van der Waals surface area contributed by atoms with Crippen molar-refractivity contribution in [1.29, 1.82) is 0 Å². The lowest BCUT2D eigenvalue weighted by molar-refractivity contribution is -0.119. The van der Waals surface area contributed by atoms with Gasteiger partial charge in [0.15, 0.2) is 0 Å². The van der Waals surface area contributed by atoms with E-state index >= 15 is 0 Å². The number of amides is 2. The molecule has 0 radical (unpaired) electrons. The van der Waals surface area contributed by atoms with E-state index in [0.29, 0.717) is 43.9 Å². The van der Waals surface area contributed by atoms with Gasteiger partial charge in [0.05, 0.1) is 24.2 Å². The summed E-state index contributed by atoms with van der Waals surface area (Å²) in [5.74, 6) is -0.0934. The average molecular weight is 374 g/mol. The molecule has 1 aromatic heterocycles. The molecule has 0 atom stereocenters. The molecule has 1 aliphatic rings. The standard InChI is InChI=1S/C19H26N4O4/c1-3-27-11-10-23-17-5-4-14(12-16(17)21-19(23)26)18(25)22-8-6-15(7-9-22)20-13(2)24/h4-5,12,15H,3,6-11H2,1-2H3,(H,20,24)(H,21,26). The van der Waals surface area contributed by atoms with Gasteiger partial charge in [0.25, 0.3) is 5.91 Å². The topological polar surface area (TPSA) is 96.4 Å². The van der Waals surface area contributed by atoms with Crippen molar-refractivity contribution < 1.29 is 14.3 Å². The lowest BCUT2D eigenvalue weighted by atomic mass is 10.0. The van der Waals surface area contributed by atoms with Crippen LogP contribution in [-0.2, 0) is 16.1 Å². The zero-order valence-electron chi connectivity index (χ0n) is 15.8. The molecule has 2 heterocycles. The van der Waals surface area contributed by atoms with Crippen LogP contribution < -0.4 is 11.0 Å². The minimum Gasteiger partial charge on any atom is -0.380 e. The molecule has 1 fully saturated rings. The Labute approximate surface area is 157 Å². The molecule has 0 aliphatic carbocycles. The predicted molar refractivity (Wildman–Crippen MR) is 102 cm³/mol. The van der Waals surface area contributed by atoms with Crippen molar-refractivity contribution in [3.8, 4) is 0 Å². The molecule has 146 valence electrons. The summed E-state index contributed by atoms with van der Waals surface area (Å²) in [6, 6.07) is 5.42. The third-order valence-corrected chi connectivity index (χ3v) is 4.87. The van der Waals surface area contributed by atoms with E-state index in [1.165, 1.54) is 6.92 Å². The number of ether oxygens (including phenoxy) is 1. The minimum atomic E-state index is -0.203. The smallest absolute Gasteiger partial charge is 0.326 e. The van der Waals surface area contributed by atoms with Gasteiger partial charge in [0.2, 0.25) is 5.91 Å². The molecule has 0 spiro atoms. The Morgan fingerprint density at radius 2 is 2.04 bits per heavy atom. The number of likely N-dealkylation sites (tertiary alicyclic amines) is 1. The van der Waals surface area contributed by atoms with E-state index in [4.69, 9.17) is 4.74 Å². The van der Waals surface area contributed by atoms with E-state index < -0.39 is 0 Å². The van der Waals surface area contributed by atoms with Gasteiger partial charge in [-0.2, -0.15) is 0 Å². The second-order valence-corrected chi connectivity index (χ2v) is 6.78. The third kappa shape index (κ3) is 4.39. The highest BCUT2D eigenvalue weighted by atomic mass is 16.5. The van der Waals surface area contributed by atoms with E-state index in [1.807, 2.05) is 6.92 Å². The number of rotatable bonds is 6. The number of aromatic amines is 1. The van der Waals surface area contributed by atoms with E-state index in [0.717, 1.165) is 18.4 Å². The first-order valence-corrected chi connectivity index (χ1v) is 9.36. The Morgan fingerprint density at radius 3 is 2.70 bits per heavy atom. The molecule has 2 amide bonds. The van der Waals surface area contributed by atoms with Crippen LogP contribution in [0.3, 0.4) is 0 Å². The summed E-state index contributed by atoms with van der Waals surface area (Å²) >= 11 is 0. The lowest BCUT2D eigenvalue weighted by Gasteiger charge is -2.32. The van der Waals surface area contributed by atoms with Crippen molar-refractivity contribution in [3.05, 3.63) is 34.2 Å².